The van der Waals surface area contributed by atoms with Gasteiger partial charge in [0.25, 0.3) is 0 Å². The van der Waals surface area contributed by atoms with E-state index in [1.807, 2.05) is 36.0 Å². The molecule has 0 saturated heterocycles. The standard InChI is InChI=1S/C17H18N2S/c1-2-19-12-15-7-9-17(10-8-15)20-13-16-5-3-14(11-18)4-6-16/h3-10,19H,2,12-13H2,1H3. The Morgan fingerprint density at radius 1 is 1.00 bits per heavy atom. The molecule has 20 heavy (non-hydrogen) atoms. The number of nitrogens with one attached hydrogen (secondary N) is 1. The van der Waals surface area contributed by atoms with Gasteiger partial charge in [0, 0.05) is 17.2 Å². The summed E-state index contributed by atoms with van der Waals surface area (Å²) in [5.74, 6) is 0.929. The normalized spacial score (nSPS) is 10.2. The van der Waals surface area contributed by atoms with Gasteiger partial charge in [-0.3, -0.25) is 0 Å². The third-order valence-electron chi connectivity index (χ3n) is 2.99. The Morgan fingerprint density at radius 2 is 1.65 bits per heavy atom. The lowest BCUT2D eigenvalue weighted by Crippen LogP contribution is -2.11. The molecular weight excluding hydrogens is 264 g/mol. The fourth-order valence-electron chi connectivity index (χ4n) is 1.82. The zero-order chi connectivity index (χ0) is 14.2. The molecule has 0 unspecified atom stereocenters. The average molecular weight is 282 g/mol. The molecule has 0 aromatic heterocycles. The number of nitrogens with zero attached hydrogens (tertiary/aromatic N) is 1. The molecule has 0 aliphatic rings. The van der Waals surface area contributed by atoms with Gasteiger partial charge in [0.2, 0.25) is 0 Å². The Bertz CT molecular complexity index is 567. The first-order chi connectivity index (χ1) is 9.81. The van der Waals surface area contributed by atoms with E-state index in [0.717, 1.165) is 18.8 Å². The summed E-state index contributed by atoms with van der Waals surface area (Å²) in [6.45, 7) is 4.04. The van der Waals surface area contributed by atoms with Crippen LogP contribution in [0.4, 0.5) is 0 Å². The first-order valence-electron chi connectivity index (χ1n) is 6.73. The van der Waals surface area contributed by atoms with Crippen LogP contribution in [0.15, 0.2) is 53.4 Å². The minimum absolute atomic E-state index is 0.714. The average Bonchev–Trinajstić information content (AvgIpc) is 2.52. The van der Waals surface area contributed by atoms with Gasteiger partial charge in [-0.1, -0.05) is 31.2 Å². The molecule has 0 aliphatic carbocycles. The molecule has 0 spiro atoms. The molecule has 2 rings (SSSR count). The van der Waals surface area contributed by atoms with E-state index in [1.54, 1.807) is 0 Å². The summed E-state index contributed by atoms with van der Waals surface area (Å²) >= 11 is 1.82. The minimum Gasteiger partial charge on any atom is -0.313 e. The lowest BCUT2D eigenvalue weighted by molar-refractivity contribution is 0.726. The van der Waals surface area contributed by atoms with E-state index >= 15 is 0 Å². The van der Waals surface area contributed by atoms with Crippen molar-refractivity contribution in [3.63, 3.8) is 0 Å². The highest BCUT2D eigenvalue weighted by atomic mass is 32.2. The van der Waals surface area contributed by atoms with Crippen LogP contribution in [0.3, 0.4) is 0 Å². The molecule has 2 aromatic carbocycles. The van der Waals surface area contributed by atoms with Gasteiger partial charge >= 0.3 is 0 Å². The van der Waals surface area contributed by atoms with Crippen molar-refractivity contribution in [2.24, 2.45) is 0 Å². The van der Waals surface area contributed by atoms with E-state index in [0.29, 0.717) is 5.56 Å². The van der Waals surface area contributed by atoms with Gasteiger partial charge in [-0.25, -0.2) is 0 Å². The van der Waals surface area contributed by atoms with Gasteiger partial charge in [0.1, 0.15) is 0 Å². The molecule has 0 aliphatic heterocycles. The van der Waals surface area contributed by atoms with Crippen molar-refractivity contribution < 1.29 is 0 Å². The minimum atomic E-state index is 0.714. The van der Waals surface area contributed by atoms with Crippen molar-refractivity contribution in [3.8, 4) is 6.07 Å². The molecule has 0 amide bonds. The van der Waals surface area contributed by atoms with Crippen molar-refractivity contribution in [1.29, 1.82) is 5.26 Å². The number of hydrogen-bond acceptors (Lipinski definition) is 3. The van der Waals surface area contributed by atoms with Crippen molar-refractivity contribution in [2.45, 2.75) is 24.1 Å². The first kappa shape index (κ1) is 14.6. The third kappa shape index (κ3) is 4.41. The summed E-state index contributed by atoms with van der Waals surface area (Å²) < 4.78 is 0. The van der Waals surface area contributed by atoms with Crippen LogP contribution in [0, 0.1) is 11.3 Å². The Morgan fingerprint density at radius 3 is 2.25 bits per heavy atom. The number of benzene rings is 2. The maximum Gasteiger partial charge on any atom is 0.0991 e. The van der Waals surface area contributed by atoms with E-state index in [9.17, 15) is 0 Å². The highest BCUT2D eigenvalue weighted by Gasteiger charge is 1.98. The molecule has 0 fully saturated rings. The molecule has 1 N–H and O–H groups in total. The van der Waals surface area contributed by atoms with Crippen LogP contribution in [0.25, 0.3) is 0 Å². The fraction of sp³-hybridized carbons (Fsp3) is 0.235. The summed E-state index contributed by atoms with van der Waals surface area (Å²) in [7, 11) is 0. The summed E-state index contributed by atoms with van der Waals surface area (Å²) in [5.41, 5.74) is 3.27. The van der Waals surface area contributed by atoms with Gasteiger partial charge in [-0.15, -0.1) is 11.8 Å². The SMILES string of the molecule is CCNCc1ccc(SCc2ccc(C#N)cc2)cc1. The van der Waals surface area contributed by atoms with Crippen LogP contribution < -0.4 is 5.32 Å². The lowest BCUT2D eigenvalue weighted by atomic mass is 10.2. The van der Waals surface area contributed by atoms with Crippen LogP contribution in [0.5, 0.6) is 0 Å². The van der Waals surface area contributed by atoms with Crippen molar-refractivity contribution in [3.05, 3.63) is 65.2 Å². The van der Waals surface area contributed by atoms with E-state index in [1.165, 1.54) is 16.0 Å². The number of hydrogen-bond donors (Lipinski definition) is 1. The zero-order valence-electron chi connectivity index (χ0n) is 11.6. The molecule has 0 heterocycles. The molecule has 0 saturated carbocycles. The van der Waals surface area contributed by atoms with Crippen LogP contribution in [0.1, 0.15) is 23.6 Å². The molecule has 2 nitrogen and oxygen atoms in total. The Balaban J connectivity index is 1.88. The van der Waals surface area contributed by atoms with Gasteiger partial charge in [0.05, 0.1) is 11.6 Å². The van der Waals surface area contributed by atoms with Crippen molar-refractivity contribution >= 4 is 11.8 Å². The molecule has 0 atom stereocenters. The molecular formula is C17H18N2S. The van der Waals surface area contributed by atoms with E-state index in [2.05, 4.69) is 42.6 Å². The van der Waals surface area contributed by atoms with Crippen LogP contribution in [-0.4, -0.2) is 6.54 Å². The third-order valence-corrected chi connectivity index (χ3v) is 4.07. The maximum atomic E-state index is 8.76. The summed E-state index contributed by atoms with van der Waals surface area (Å²) in [4.78, 5) is 1.27. The summed E-state index contributed by atoms with van der Waals surface area (Å²) in [5, 5.41) is 12.1. The van der Waals surface area contributed by atoms with Crippen LogP contribution in [0.2, 0.25) is 0 Å². The summed E-state index contributed by atoms with van der Waals surface area (Å²) in [6, 6.07) is 18.6. The number of rotatable bonds is 6. The lowest BCUT2D eigenvalue weighted by Gasteiger charge is -2.05. The van der Waals surface area contributed by atoms with Crippen molar-refractivity contribution in [2.75, 3.05) is 6.54 Å². The monoisotopic (exact) mass is 282 g/mol. The second kappa shape index (κ2) is 7.74. The molecule has 0 bridgehead atoms. The van der Waals surface area contributed by atoms with Gasteiger partial charge in [-0.2, -0.15) is 5.26 Å². The van der Waals surface area contributed by atoms with Gasteiger partial charge in [-0.05, 0) is 41.9 Å². The highest BCUT2D eigenvalue weighted by Crippen LogP contribution is 2.23. The highest BCUT2D eigenvalue weighted by molar-refractivity contribution is 7.98. The molecule has 0 radical (unpaired) electrons. The topological polar surface area (TPSA) is 35.8 Å². The van der Waals surface area contributed by atoms with Crippen LogP contribution >= 0.6 is 11.8 Å². The Hall–Kier alpha value is -1.76. The first-order valence-corrected chi connectivity index (χ1v) is 7.72. The molecule has 3 heteroatoms. The fourth-order valence-corrected chi connectivity index (χ4v) is 2.67. The Labute approximate surface area is 124 Å². The zero-order valence-corrected chi connectivity index (χ0v) is 12.4. The number of nitriles is 1. The smallest absolute Gasteiger partial charge is 0.0991 e. The second-order valence-corrected chi connectivity index (χ2v) is 5.57. The van der Waals surface area contributed by atoms with E-state index in [-0.39, 0.29) is 0 Å². The van der Waals surface area contributed by atoms with Crippen LogP contribution in [-0.2, 0) is 12.3 Å². The predicted octanol–water partition coefficient (Wildman–Crippen LogP) is 3.96. The Kier molecular flexibility index (Phi) is 5.67. The largest absolute Gasteiger partial charge is 0.313 e. The maximum absolute atomic E-state index is 8.76. The summed E-state index contributed by atoms with van der Waals surface area (Å²) in [6.07, 6.45) is 0. The second-order valence-electron chi connectivity index (χ2n) is 4.52. The predicted molar refractivity (Wildman–Crippen MR) is 84.5 cm³/mol. The molecule has 2 aromatic rings. The van der Waals surface area contributed by atoms with Crippen molar-refractivity contribution in [1.82, 2.24) is 5.32 Å². The molecule has 102 valence electrons. The van der Waals surface area contributed by atoms with Gasteiger partial charge < -0.3 is 5.32 Å². The quantitative estimate of drug-likeness (QED) is 0.815. The number of thioether (sulfide) groups is 1. The van der Waals surface area contributed by atoms with E-state index < -0.39 is 0 Å². The van der Waals surface area contributed by atoms with Gasteiger partial charge in [0.15, 0.2) is 0 Å². The van der Waals surface area contributed by atoms with E-state index in [4.69, 9.17) is 5.26 Å².